The first-order valence-electron chi connectivity index (χ1n) is 12.4. The quantitative estimate of drug-likeness (QED) is 0.0756. The minimum absolute atomic E-state index is 0.123. The summed E-state index contributed by atoms with van der Waals surface area (Å²) in [5, 5.41) is 0. The summed E-state index contributed by atoms with van der Waals surface area (Å²) >= 11 is 0. The van der Waals surface area contributed by atoms with Crippen LogP contribution in [0.15, 0.2) is 24.3 Å². The smallest absolute Gasteiger partial charge is 0.272 e. The van der Waals surface area contributed by atoms with Gasteiger partial charge in [0.05, 0.1) is 11.7 Å². The van der Waals surface area contributed by atoms with Gasteiger partial charge in [0, 0.05) is 13.2 Å². The second-order valence-electron chi connectivity index (χ2n) is 8.30. The van der Waals surface area contributed by atoms with Crippen LogP contribution in [0.3, 0.4) is 0 Å². The first-order valence-corrected chi connectivity index (χ1v) is 12.4. The van der Waals surface area contributed by atoms with Crippen LogP contribution < -0.4 is 0 Å². The van der Waals surface area contributed by atoms with E-state index in [0.29, 0.717) is 25.2 Å². The molecule has 3 nitrogen and oxygen atoms in total. The van der Waals surface area contributed by atoms with E-state index in [9.17, 15) is 22.0 Å². The Labute approximate surface area is 204 Å². The Balaban J connectivity index is 2.21. The third kappa shape index (κ3) is 8.26. The van der Waals surface area contributed by atoms with Gasteiger partial charge in [0.2, 0.25) is 5.82 Å². The van der Waals surface area contributed by atoms with Gasteiger partial charge in [-0.05, 0) is 31.4 Å². The van der Waals surface area contributed by atoms with E-state index in [1.165, 1.54) is 37.8 Å². The topological polar surface area (TPSA) is 27.7 Å². The maximum atomic E-state index is 14.2. The minimum Gasteiger partial charge on any atom is -0.330 e. The molecule has 0 radical (unpaired) electrons. The van der Waals surface area contributed by atoms with Crippen LogP contribution in [0, 0.1) is 29.1 Å². The highest BCUT2D eigenvalue weighted by Gasteiger charge is 2.27. The lowest BCUT2D eigenvalue weighted by molar-refractivity contribution is -0.304. The van der Waals surface area contributed by atoms with Crippen molar-refractivity contribution < 1.29 is 36.2 Å². The van der Waals surface area contributed by atoms with Crippen LogP contribution in [0.2, 0.25) is 0 Å². The van der Waals surface area contributed by atoms with E-state index < -0.39 is 47.2 Å². The standard InChI is InChI=1S/C27H35F5O3/c1-4-7-8-9-10-11-12-13-20(35-27(33-5-2)34-6-3)18-14-16-19(17-15-18)21-22(28)24(30)26(32)25(31)23(21)29/h14-17,20,27H,4-13H2,1-3H3. The largest absolute Gasteiger partial charge is 0.330 e. The maximum Gasteiger partial charge on any atom is 0.272 e. The average molecular weight is 503 g/mol. The van der Waals surface area contributed by atoms with Gasteiger partial charge in [0.15, 0.2) is 23.3 Å². The molecule has 35 heavy (non-hydrogen) atoms. The van der Waals surface area contributed by atoms with Crippen LogP contribution in [0.5, 0.6) is 0 Å². The number of rotatable bonds is 16. The SMILES string of the molecule is CCCCCCCCCC(OC(OCC)OCC)c1ccc(-c2c(F)c(F)c(F)c(F)c2F)cc1. The van der Waals surface area contributed by atoms with Gasteiger partial charge in [-0.3, -0.25) is 0 Å². The van der Waals surface area contributed by atoms with E-state index in [0.717, 1.165) is 19.3 Å². The molecular formula is C27H35F5O3. The Bertz CT molecular complexity index is 870. The van der Waals surface area contributed by atoms with Crippen molar-refractivity contribution in [2.75, 3.05) is 13.2 Å². The van der Waals surface area contributed by atoms with E-state index in [1.54, 1.807) is 12.1 Å². The molecule has 0 aliphatic rings. The van der Waals surface area contributed by atoms with Gasteiger partial charge in [0.25, 0.3) is 6.48 Å². The summed E-state index contributed by atoms with van der Waals surface area (Å²) in [7, 11) is 0. The van der Waals surface area contributed by atoms with Crippen molar-refractivity contribution in [2.24, 2.45) is 0 Å². The van der Waals surface area contributed by atoms with Gasteiger partial charge in [0.1, 0.15) is 0 Å². The van der Waals surface area contributed by atoms with E-state index in [4.69, 9.17) is 14.2 Å². The van der Waals surface area contributed by atoms with Crippen molar-refractivity contribution in [1.29, 1.82) is 0 Å². The van der Waals surface area contributed by atoms with Crippen molar-refractivity contribution in [3.63, 3.8) is 0 Å². The Morgan fingerprint density at radius 3 is 1.63 bits per heavy atom. The van der Waals surface area contributed by atoms with Gasteiger partial charge >= 0.3 is 0 Å². The van der Waals surface area contributed by atoms with Crippen molar-refractivity contribution in [1.82, 2.24) is 0 Å². The van der Waals surface area contributed by atoms with Crippen LogP contribution in [0.1, 0.15) is 83.8 Å². The monoisotopic (exact) mass is 502 g/mol. The van der Waals surface area contributed by atoms with Gasteiger partial charge in [-0.25, -0.2) is 22.0 Å². The van der Waals surface area contributed by atoms with Crippen LogP contribution >= 0.6 is 0 Å². The first kappa shape index (κ1) is 29.2. The van der Waals surface area contributed by atoms with Crippen molar-refractivity contribution >= 4 is 0 Å². The average Bonchev–Trinajstić information content (AvgIpc) is 2.86. The number of benzene rings is 2. The van der Waals surface area contributed by atoms with Crippen LogP contribution in [0.25, 0.3) is 11.1 Å². The van der Waals surface area contributed by atoms with Crippen LogP contribution in [-0.4, -0.2) is 19.7 Å². The molecule has 1 unspecified atom stereocenters. The predicted molar refractivity (Wildman–Crippen MR) is 125 cm³/mol. The molecule has 0 fully saturated rings. The number of ether oxygens (including phenoxy) is 3. The van der Waals surface area contributed by atoms with E-state index in [-0.39, 0.29) is 5.56 Å². The Kier molecular flexibility index (Phi) is 12.7. The van der Waals surface area contributed by atoms with Gasteiger partial charge in [-0.1, -0.05) is 76.1 Å². The van der Waals surface area contributed by atoms with E-state index in [2.05, 4.69) is 6.92 Å². The Morgan fingerprint density at radius 2 is 1.11 bits per heavy atom. The fourth-order valence-electron chi connectivity index (χ4n) is 3.86. The molecule has 196 valence electrons. The van der Waals surface area contributed by atoms with E-state index >= 15 is 0 Å². The first-order chi connectivity index (χ1) is 16.8. The van der Waals surface area contributed by atoms with Crippen molar-refractivity contribution in [2.45, 2.75) is 84.7 Å². The number of halogens is 5. The summed E-state index contributed by atoms with van der Waals surface area (Å²) in [6.07, 6.45) is 8.07. The molecule has 0 N–H and O–H groups in total. The van der Waals surface area contributed by atoms with Crippen LogP contribution in [0.4, 0.5) is 22.0 Å². The molecule has 0 spiro atoms. The summed E-state index contributed by atoms with van der Waals surface area (Å²) in [4.78, 5) is 0. The summed E-state index contributed by atoms with van der Waals surface area (Å²) in [5.74, 6) is -9.85. The number of hydrogen-bond acceptors (Lipinski definition) is 3. The van der Waals surface area contributed by atoms with Crippen molar-refractivity contribution in [3.8, 4) is 11.1 Å². The molecule has 0 aliphatic heterocycles. The van der Waals surface area contributed by atoms with Gasteiger partial charge in [-0.15, -0.1) is 0 Å². The van der Waals surface area contributed by atoms with Crippen LogP contribution in [-0.2, 0) is 14.2 Å². The Hall–Kier alpha value is -2.03. The fourth-order valence-corrected chi connectivity index (χ4v) is 3.86. The fraction of sp³-hybridized carbons (Fsp3) is 0.556. The normalized spacial score (nSPS) is 12.5. The summed E-state index contributed by atoms with van der Waals surface area (Å²) in [6, 6.07) is 5.78. The zero-order valence-electron chi connectivity index (χ0n) is 20.6. The van der Waals surface area contributed by atoms with Gasteiger partial charge in [-0.2, -0.15) is 0 Å². The molecule has 0 aliphatic carbocycles. The second-order valence-corrected chi connectivity index (χ2v) is 8.30. The molecule has 1 atom stereocenters. The molecule has 0 amide bonds. The second kappa shape index (κ2) is 15.2. The maximum absolute atomic E-state index is 14.2. The summed E-state index contributed by atoms with van der Waals surface area (Å²) < 4.78 is 86.2. The number of unbranched alkanes of at least 4 members (excludes halogenated alkanes) is 6. The lowest BCUT2D eigenvalue weighted by Gasteiger charge is -2.25. The minimum atomic E-state index is -2.18. The molecule has 2 aromatic carbocycles. The van der Waals surface area contributed by atoms with E-state index in [1.807, 2.05) is 13.8 Å². The molecule has 2 aromatic rings. The third-order valence-corrected chi connectivity index (χ3v) is 5.73. The molecular weight excluding hydrogens is 467 g/mol. The lowest BCUT2D eigenvalue weighted by atomic mass is 9.97. The predicted octanol–water partition coefficient (Wildman–Crippen LogP) is 8.60. The summed E-state index contributed by atoms with van der Waals surface area (Å²) in [6.45, 7) is 5.70. The lowest BCUT2D eigenvalue weighted by Crippen LogP contribution is -2.24. The number of hydrogen-bond donors (Lipinski definition) is 0. The highest BCUT2D eigenvalue weighted by molar-refractivity contribution is 5.65. The molecule has 2 rings (SSSR count). The molecule has 0 saturated heterocycles. The Morgan fingerprint density at radius 1 is 0.629 bits per heavy atom. The molecule has 0 aromatic heterocycles. The van der Waals surface area contributed by atoms with Crippen molar-refractivity contribution in [3.05, 3.63) is 58.9 Å². The highest BCUT2D eigenvalue weighted by Crippen LogP contribution is 2.33. The molecule has 8 heteroatoms. The van der Waals surface area contributed by atoms with Gasteiger partial charge < -0.3 is 14.2 Å². The highest BCUT2D eigenvalue weighted by atomic mass is 19.2. The molecule has 0 saturated carbocycles. The third-order valence-electron chi connectivity index (χ3n) is 5.73. The molecule has 0 heterocycles. The molecule has 0 bridgehead atoms. The zero-order chi connectivity index (χ0) is 25.8. The zero-order valence-corrected chi connectivity index (χ0v) is 20.6. The summed E-state index contributed by atoms with van der Waals surface area (Å²) in [5.41, 5.74) is -0.394.